The number of morpholine rings is 1. The molecule has 0 aliphatic carbocycles. The Morgan fingerprint density at radius 3 is 2.48 bits per heavy atom. The molecule has 2 unspecified atom stereocenters. The minimum absolute atomic E-state index is 0.0132. The Morgan fingerprint density at radius 2 is 1.86 bits per heavy atom. The Bertz CT molecular complexity index is 935. The van der Waals surface area contributed by atoms with E-state index in [2.05, 4.69) is 4.98 Å². The van der Waals surface area contributed by atoms with Crippen molar-refractivity contribution >= 4 is 17.7 Å². The zero-order chi connectivity index (χ0) is 21.1. The summed E-state index contributed by atoms with van der Waals surface area (Å²) in [5, 5.41) is 0.512. The highest BCUT2D eigenvalue weighted by Gasteiger charge is 2.26. The van der Waals surface area contributed by atoms with Crippen molar-refractivity contribution in [2.24, 2.45) is 7.05 Å². The Morgan fingerprint density at radius 1 is 1.24 bits per heavy atom. The summed E-state index contributed by atoms with van der Waals surface area (Å²) in [7, 11) is 1.66. The molecular formula is C21H26FN3O3S. The highest BCUT2D eigenvalue weighted by atomic mass is 32.2. The van der Waals surface area contributed by atoms with Gasteiger partial charge in [0.25, 0.3) is 5.56 Å². The molecule has 1 saturated heterocycles. The number of rotatable bonds is 5. The minimum atomic E-state index is -0.308. The van der Waals surface area contributed by atoms with Gasteiger partial charge in [-0.1, -0.05) is 23.9 Å². The third-order valence-corrected chi connectivity index (χ3v) is 5.96. The number of hydrogen-bond acceptors (Lipinski definition) is 5. The van der Waals surface area contributed by atoms with E-state index >= 15 is 0 Å². The van der Waals surface area contributed by atoms with Crippen LogP contribution < -0.4 is 5.56 Å². The number of halogens is 1. The van der Waals surface area contributed by atoms with Gasteiger partial charge in [-0.15, -0.1) is 0 Å². The van der Waals surface area contributed by atoms with Crippen molar-refractivity contribution in [1.82, 2.24) is 14.5 Å². The lowest BCUT2D eigenvalue weighted by Gasteiger charge is -2.35. The van der Waals surface area contributed by atoms with Gasteiger partial charge in [0.2, 0.25) is 5.91 Å². The fourth-order valence-electron chi connectivity index (χ4n) is 3.47. The SMILES string of the molecule is Cc1nc(SCC(=O)N2CC(C)OC(C)C2)n(C)c(=O)c1Cc1ccc(F)cc1. The number of carbonyl (C=O) groups is 1. The molecule has 0 N–H and O–H groups in total. The monoisotopic (exact) mass is 419 g/mol. The summed E-state index contributed by atoms with van der Waals surface area (Å²) in [6.45, 7) is 6.85. The van der Waals surface area contributed by atoms with Crippen LogP contribution in [0, 0.1) is 12.7 Å². The molecule has 2 aromatic rings. The zero-order valence-corrected chi connectivity index (χ0v) is 18.0. The van der Waals surface area contributed by atoms with Crippen molar-refractivity contribution in [2.75, 3.05) is 18.8 Å². The van der Waals surface area contributed by atoms with Crippen molar-refractivity contribution in [2.45, 2.75) is 44.6 Å². The van der Waals surface area contributed by atoms with Crippen LogP contribution >= 0.6 is 11.8 Å². The summed E-state index contributed by atoms with van der Waals surface area (Å²) in [6.07, 6.45) is 0.422. The van der Waals surface area contributed by atoms with Crippen LogP contribution in [-0.4, -0.2) is 51.4 Å². The molecule has 0 saturated carbocycles. The number of ether oxygens (including phenoxy) is 1. The second-order valence-electron chi connectivity index (χ2n) is 7.47. The largest absolute Gasteiger partial charge is 0.372 e. The first-order chi connectivity index (χ1) is 13.7. The van der Waals surface area contributed by atoms with Crippen LogP contribution in [-0.2, 0) is 23.0 Å². The van der Waals surface area contributed by atoms with E-state index in [-0.39, 0.29) is 35.2 Å². The van der Waals surface area contributed by atoms with Crippen molar-refractivity contribution in [3.05, 3.63) is 57.3 Å². The molecule has 1 aromatic carbocycles. The lowest BCUT2D eigenvalue weighted by atomic mass is 10.1. The normalized spacial score (nSPS) is 19.4. The molecule has 0 spiro atoms. The second kappa shape index (κ2) is 9.09. The predicted molar refractivity (Wildman–Crippen MR) is 111 cm³/mol. The van der Waals surface area contributed by atoms with Crippen molar-refractivity contribution < 1.29 is 13.9 Å². The highest BCUT2D eigenvalue weighted by molar-refractivity contribution is 7.99. The zero-order valence-electron chi connectivity index (χ0n) is 17.1. The van der Waals surface area contributed by atoms with Crippen LogP contribution in [0.15, 0.2) is 34.2 Å². The molecule has 156 valence electrons. The van der Waals surface area contributed by atoms with E-state index in [9.17, 15) is 14.0 Å². The van der Waals surface area contributed by atoms with Gasteiger partial charge in [0.15, 0.2) is 5.16 Å². The topological polar surface area (TPSA) is 64.4 Å². The standard InChI is InChI=1S/C21H26FN3O3S/c1-13-10-25(11-14(2)28-13)19(26)12-29-21-23-15(3)18(20(27)24(21)4)9-16-5-7-17(22)8-6-16/h5-8,13-14H,9-12H2,1-4H3. The van der Waals surface area contributed by atoms with E-state index in [0.29, 0.717) is 35.9 Å². The van der Waals surface area contributed by atoms with Gasteiger partial charge in [0, 0.05) is 37.8 Å². The molecule has 0 radical (unpaired) electrons. The number of aryl methyl sites for hydroxylation is 1. The molecule has 1 aliphatic heterocycles. The summed E-state index contributed by atoms with van der Waals surface area (Å²) >= 11 is 1.27. The molecule has 29 heavy (non-hydrogen) atoms. The van der Waals surface area contributed by atoms with Gasteiger partial charge in [-0.3, -0.25) is 14.2 Å². The molecule has 2 atom stereocenters. The molecule has 8 heteroatoms. The van der Waals surface area contributed by atoms with Gasteiger partial charge < -0.3 is 9.64 Å². The molecule has 2 heterocycles. The number of nitrogens with zero attached hydrogens (tertiary/aromatic N) is 3. The summed E-state index contributed by atoms with van der Waals surface area (Å²) in [5.74, 6) is -0.0764. The van der Waals surface area contributed by atoms with E-state index < -0.39 is 0 Å². The van der Waals surface area contributed by atoms with Gasteiger partial charge in [0.1, 0.15) is 5.82 Å². The number of hydrogen-bond donors (Lipinski definition) is 0. The third kappa shape index (κ3) is 5.25. The summed E-state index contributed by atoms with van der Waals surface area (Å²) in [6, 6.07) is 6.09. The van der Waals surface area contributed by atoms with Crippen LogP contribution in [0.5, 0.6) is 0 Å². The molecule has 3 rings (SSSR count). The first-order valence-electron chi connectivity index (χ1n) is 9.61. The maximum atomic E-state index is 13.1. The van der Waals surface area contributed by atoms with Crippen molar-refractivity contribution in [1.29, 1.82) is 0 Å². The molecule has 0 bridgehead atoms. The van der Waals surface area contributed by atoms with Gasteiger partial charge in [0.05, 0.1) is 18.0 Å². The Balaban J connectivity index is 1.71. The smallest absolute Gasteiger partial charge is 0.257 e. The third-order valence-electron chi connectivity index (χ3n) is 4.94. The minimum Gasteiger partial charge on any atom is -0.372 e. The van der Waals surface area contributed by atoms with Crippen LogP contribution in [0.2, 0.25) is 0 Å². The lowest BCUT2D eigenvalue weighted by molar-refractivity contribution is -0.140. The maximum Gasteiger partial charge on any atom is 0.257 e. The summed E-state index contributed by atoms with van der Waals surface area (Å²) in [5.41, 5.74) is 1.90. The number of carbonyl (C=O) groups excluding carboxylic acids is 1. The van der Waals surface area contributed by atoms with Crippen molar-refractivity contribution in [3.8, 4) is 0 Å². The Labute approximate surface area is 174 Å². The average molecular weight is 420 g/mol. The van der Waals surface area contributed by atoms with Gasteiger partial charge >= 0.3 is 0 Å². The molecular weight excluding hydrogens is 393 g/mol. The van der Waals surface area contributed by atoms with E-state index in [1.807, 2.05) is 13.8 Å². The molecule has 1 fully saturated rings. The number of benzene rings is 1. The molecule has 6 nitrogen and oxygen atoms in total. The Kier molecular flexibility index (Phi) is 6.74. The van der Waals surface area contributed by atoms with Crippen LogP contribution in [0.25, 0.3) is 0 Å². The van der Waals surface area contributed by atoms with E-state index in [0.717, 1.165) is 5.56 Å². The Hall–Kier alpha value is -2.19. The summed E-state index contributed by atoms with van der Waals surface area (Å²) < 4.78 is 20.3. The van der Waals surface area contributed by atoms with Crippen LogP contribution in [0.1, 0.15) is 30.7 Å². The predicted octanol–water partition coefficient (Wildman–Crippen LogP) is 2.55. The van der Waals surface area contributed by atoms with Crippen LogP contribution in [0.4, 0.5) is 4.39 Å². The van der Waals surface area contributed by atoms with Crippen molar-refractivity contribution in [3.63, 3.8) is 0 Å². The number of amides is 1. The van der Waals surface area contributed by atoms with Crippen LogP contribution in [0.3, 0.4) is 0 Å². The van der Waals surface area contributed by atoms with E-state index in [1.54, 1.807) is 31.0 Å². The average Bonchev–Trinajstić information content (AvgIpc) is 2.67. The van der Waals surface area contributed by atoms with Gasteiger partial charge in [-0.2, -0.15) is 0 Å². The molecule has 1 aliphatic rings. The first-order valence-corrected chi connectivity index (χ1v) is 10.6. The molecule has 1 amide bonds. The van der Waals surface area contributed by atoms with Gasteiger partial charge in [-0.25, -0.2) is 9.37 Å². The quantitative estimate of drug-likeness (QED) is 0.551. The van der Waals surface area contributed by atoms with Gasteiger partial charge in [-0.05, 0) is 38.5 Å². The maximum absolute atomic E-state index is 13.1. The summed E-state index contributed by atoms with van der Waals surface area (Å²) in [4.78, 5) is 31.8. The molecule has 1 aromatic heterocycles. The fraction of sp³-hybridized carbons (Fsp3) is 0.476. The van der Waals surface area contributed by atoms with E-state index in [4.69, 9.17) is 4.74 Å². The lowest BCUT2D eigenvalue weighted by Crippen LogP contribution is -2.48. The van der Waals surface area contributed by atoms with E-state index in [1.165, 1.54) is 28.5 Å². The number of thioether (sulfide) groups is 1. The fourth-order valence-corrected chi connectivity index (χ4v) is 4.38. The second-order valence-corrected chi connectivity index (χ2v) is 8.41. The highest BCUT2D eigenvalue weighted by Crippen LogP contribution is 2.19. The number of aromatic nitrogens is 2. The first kappa shape index (κ1) is 21.5.